The summed E-state index contributed by atoms with van der Waals surface area (Å²) >= 11 is 0. The van der Waals surface area contributed by atoms with E-state index in [9.17, 15) is 0 Å². The fourth-order valence-electron chi connectivity index (χ4n) is 2.60. The fraction of sp³-hybridized carbons (Fsp3) is 0.188. The van der Waals surface area contributed by atoms with Crippen molar-refractivity contribution in [3.63, 3.8) is 0 Å². The minimum Gasteiger partial charge on any atom is -0.423 e. The van der Waals surface area contributed by atoms with E-state index in [1.807, 2.05) is 24.3 Å². The molecular formula is C16H16ClN3O. The monoisotopic (exact) mass is 301 g/mol. The second-order valence-corrected chi connectivity index (χ2v) is 5.02. The number of para-hydroxylation sites is 2. The number of hydrogen-bond donors (Lipinski definition) is 2. The molecular weight excluding hydrogens is 286 g/mol. The predicted octanol–water partition coefficient (Wildman–Crippen LogP) is 3.64. The average Bonchev–Trinajstić information content (AvgIpc) is 2.89. The summed E-state index contributed by atoms with van der Waals surface area (Å²) in [7, 11) is 0. The Bertz CT molecular complexity index is 736. The van der Waals surface area contributed by atoms with Crippen LogP contribution in [0.25, 0.3) is 11.1 Å². The molecule has 0 saturated carbocycles. The van der Waals surface area contributed by atoms with Gasteiger partial charge in [0.25, 0.3) is 6.01 Å². The SMILES string of the molecule is Cl.c1ccc2oc(Nc3ccc4c(c3)CCNC4)nc2c1. The molecule has 5 heteroatoms. The maximum absolute atomic E-state index is 5.68. The summed E-state index contributed by atoms with van der Waals surface area (Å²) in [4.78, 5) is 4.43. The first-order valence-corrected chi connectivity index (χ1v) is 6.84. The lowest BCUT2D eigenvalue weighted by Gasteiger charge is -2.17. The van der Waals surface area contributed by atoms with Gasteiger partial charge < -0.3 is 15.1 Å². The number of aromatic nitrogens is 1. The number of anilines is 2. The Labute approximate surface area is 129 Å². The van der Waals surface area contributed by atoms with Gasteiger partial charge in [-0.3, -0.25) is 0 Å². The van der Waals surface area contributed by atoms with Crippen LogP contribution in [0.1, 0.15) is 11.1 Å². The Morgan fingerprint density at radius 1 is 1.10 bits per heavy atom. The highest BCUT2D eigenvalue weighted by molar-refractivity contribution is 5.85. The second-order valence-electron chi connectivity index (χ2n) is 5.02. The van der Waals surface area contributed by atoms with Gasteiger partial charge in [-0.25, -0.2) is 0 Å². The first-order valence-electron chi connectivity index (χ1n) is 6.84. The molecule has 1 aliphatic heterocycles. The smallest absolute Gasteiger partial charge is 0.300 e. The first kappa shape index (κ1) is 13.9. The summed E-state index contributed by atoms with van der Waals surface area (Å²) in [6.07, 6.45) is 1.07. The van der Waals surface area contributed by atoms with E-state index in [0.717, 1.165) is 36.3 Å². The van der Waals surface area contributed by atoms with Gasteiger partial charge in [0, 0.05) is 12.2 Å². The van der Waals surface area contributed by atoms with Crippen LogP contribution in [0.2, 0.25) is 0 Å². The van der Waals surface area contributed by atoms with Crippen LogP contribution in [0.3, 0.4) is 0 Å². The molecule has 1 aliphatic rings. The van der Waals surface area contributed by atoms with Gasteiger partial charge in [-0.15, -0.1) is 12.4 Å². The Kier molecular flexibility index (Phi) is 3.82. The zero-order chi connectivity index (χ0) is 13.4. The predicted molar refractivity (Wildman–Crippen MR) is 86.4 cm³/mol. The van der Waals surface area contributed by atoms with Crippen LogP contribution in [-0.2, 0) is 13.0 Å². The summed E-state index contributed by atoms with van der Waals surface area (Å²) < 4.78 is 5.68. The molecule has 21 heavy (non-hydrogen) atoms. The summed E-state index contributed by atoms with van der Waals surface area (Å²) in [6.45, 7) is 2.00. The van der Waals surface area contributed by atoms with Gasteiger partial charge >= 0.3 is 0 Å². The standard InChI is InChI=1S/C16H15N3O.ClH/c1-2-4-15-14(3-1)19-16(20-15)18-13-6-5-12-10-17-8-7-11(12)9-13;/h1-6,9,17H,7-8,10H2,(H,18,19);1H. The van der Waals surface area contributed by atoms with Crippen molar-refractivity contribution in [1.82, 2.24) is 10.3 Å². The van der Waals surface area contributed by atoms with Gasteiger partial charge in [0.05, 0.1) is 0 Å². The van der Waals surface area contributed by atoms with Gasteiger partial charge in [-0.05, 0) is 48.4 Å². The highest BCUT2D eigenvalue weighted by atomic mass is 35.5. The molecule has 0 unspecified atom stereocenters. The molecule has 2 N–H and O–H groups in total. The molecule has 1 aromatic heterocycles. The highest BCUT2D eigenvalue weighted by Crippen LogP contribution is 2.24. The zero-order valence-electron chi connectivity index (χ0n) is 11.4. The molecule has 0 bridgehead atoms. The minimum absolute atomic E-state index is 0. The lowest BCUT2D eigenvalue weighted by molar-refractivity contribution is 0.622. The van der Waals surface area contributed by atoms with Crippen LogP contribution in [0.4, 0.5) is 11.7 Å². The molecule has 108 valence electrons. The van der Waals surface area contributed by atoms with E-state index in [1.54, 1.807) is 0 Å². The lowest BCUT2D eigenvalue weighted by Crippen LogP contribution is -2.23. The summed E-state index contributed by atoms with van der Waals surface area (Å²) in [5.41, 5.74) is 5.47. The molecule has 0 radical (unpaired) electrons. The number of halogens is 1. The third-order valence-electron chi connectivity index (χ3n) is 3.64. The number of oxazole rings is 1. The van der Waals surface area contributed by atoms with Crippen LogP contribution in [0.15, 0.2) is 46.9 Å². The van der Waals surface area contributed by atoms with E-state index in [2.05, 4.69) is 33.8 Å². The molecule has 3 aromatic rings. The van der Waals surface area contributed by atoms with Crippen molar-refractivity contribution in [2.75, 3.05) is 11.9 Å². The number of nitrogens with one attached hydrogen (secondary N) is 2. The van der Waals surface area contributed by atoms with E-state index < -0.39 is 0 Å². The van der Waals surface area contributed by atoms with Crippen LogP contribution < -0.4 is 10.6 Å². The van der Waals surface area contributed by atoms with Crippen molar-refractivity contribution < 1.29 is 4.42 Å². The Balaban J connectivity index is 0.00000132. The van der Waals surface area contributed by atoms with E-state index in [4.69, 9.17) is 4.42 Å². The van der Waals surface area contributed by atoms with E-state index in [1.165, 1.54) is 11.1 Å². The number of rotatable bonds is 2. The third kappa shape index (κ3) is 2.73. The number of nitrogens with zero attached hydrogens (tertiary/aromatic N) is 1. The van der Waals surface area contributed by atoms with Crippen molar-refractivity contribution in [1.29, 1.82) is 0 Å². The van der Waals surface area contributed by atoms with Crippen molar-refractivity contribution in [3.05, 3.63) is 53.6 Å². The number of benzene rings is 2. The zero-order valence-corrected chi connectivity index (χ0v) is 12.2. The lowest BCUT2D eigenvalue weighted by atomic mass is 10.0. The Morgan fingerprint density at radius 2 is 2.00 bits per heavy atom. The van der Waals surface area contributed by atoms with Crippen LogP contribution in [0, 0.1) is 0 Å². The quantitative estimate of drug-likeness (QED) is 0.759. The van der Waals surface area contributed by atoms with Crippen LogP contribution >= 0.6 is 12.4 Å². The largest absolute Gasteiger partial charge is 0.423 e. The summed E-state index contributed by atoms with van der Waals surface area (Å²) in [6, 6.07) is 14.7. The third-order valence-corrected chi connectivity index (χ3v) is 3.64. The minimum atomic E-state index is 0. The summed E-state index contributed by atoms with van der Waals surface area (Å²) in [5.74, 6) is 0. The number of hydrogen-bond acceptors (Lipinski definition) is 4. The first-order chi connectivity index (χ1) is 9.88. The molecule has 2 aromatic carbocycles. The average molecular weight is 302 g/mol. The maximum Gasteiger partial charge on any atom is 0.300 e. The maximum atomic E-state index is 5.68. The van der Waals surface area contributed by atoms with Gasteiger partial charge in [-0.1, -0.05) is 18.2 Å². The highest BCUT2D eigenvalue weighted by Gasteiger charge is 2.10. The van der Waals surface area contributed by atoms with Gasteiger partial charge in [0.1, 0.15) is 5.52 Å². The fourth-order valence-corrected chi connectivity index (χ4v) is 2.60. The van der Waals surface area contributed by atoms with Gasteiger partial charge in [-0.2, -0.15) is 4.98 Å². The molecule has 4 rings (SSSR count). The Hall–Kier alpha value is -2.04. The van der Waals surface area contributed by atoms with Crippen molar-refractivity contribution in [2.24, 2.45) is 0 Å². The van der Waals surface area contributed by atoms with E-state index >= 15 is 0 Å². The van der Waals surface area contributed by atoms with Crippen LogP contribution in [-0.4, -0.2) is 11.5 Å². The van der Waals surface area contributed by atoms with Crippen molar-refractivity contribution in [2.45, 2.75) is 13.0 Å². The Morgan fingerprint density at radius 3 is 2.90 bits per heavy atom. The molecule has 0 atom stereocenters. The molecule has 0 aliphatic carbocycles. The topological polar surface area (TPSA) is 50.1 Å². The second kappa shape index (κ2) is 5.76. The van der Waals surface area contributed by atoms with E-state index in [-0.39, 0.29) is 12.4 Å². The normalized spacial score (nSPS) is 13.5. The molecule has 0 fully saturated rings. The molecule has 0 amide bonds. The number of fused-ring (bicyclic) bond motifs is 2. The molecule has 4 nitrogen and oxygen atoms in total. The molecule has 0 saturated heterocycles. The molecule has 0 spiro atoms. The molecule has 2 heterocycles. The van der Waals surface area contributed by atoms with Crippen molar-refractivity contribution in [3.8, 4) is 0 Å². The van der Waals surface area contributed by atoms with Gasteiger partial charge in [0.2, 0.25) is 0 Å². The van der Waals surface area contributed by atoms with E-state index in [0.29, 0.717) is 6.01 Å². The van der Waals surface area contributed by atoms with Gasteiger partial charge in [0.15, 0.2) is 5.58 Å². The summed E-state index contributed by atoms with van der Waals surface area (Å²) in [5, 5.41) is 6.62. The van der Waals surface area contributed by atoms with Crippen LogP contribution in [0.5, 0.6) is 0 Å². The van der Waals surface area contributed by atoms with Crippen molar-refractivity contribution >= 4 is 35.2 Å².